The highest BCUT2D eigenvalue weighted by Gasteiger charge is 2.14. The zero-order valence-electron chi connectivity index (χ0n) is 17.1. The first-order valence-corrected chi connectivity index (χ1v) is 10.4. The molecule has 6 nitrogen and oxygen atoms in total. The molecule has 0 N–H and O–H groups in total. The van der Waals surface area contributed by atoms with Gasteiger partial charge in [-0.25, -0.2) is 4.98 Å². The first-order valence-electron chi connectivity index (χ1n) is 10.4. The summed E-state index contributed by atoms with van der Waals surface area (Å²) in [5.41, 5.74) is 5.36. The van der Waals surface area contributed by atoms with Crippen LogP contribution in [0.4, 0.5) is 5.82 Å². The van der Waals surface area contributed by atoms with E-state index in [1.165, 1.54) is 0 Å². The quantitative estimate of drug-likeness (QED) is 0.464. The molecule has 6 heteroatoms. The first-order chi connectivity index (χ1) is 15.3. The largest absolute Gasteiger partial charge is 0.378 e. The van der Waals surface area contributed by atoms with Gasteiger partial charge in [-0.3, -0.25) is 14.8 Å². The normalized spacial score (nSPS) is 14.0. The van der Waals surface area contributed by atoms with E-state index in [4.69, 9.17) is 9.72 Å². The predicted octanol–water partition coefficient (Wildman–Crippen LogP) is 3.95. The number of carbonyl (C=O) groups is 1. The lowest BCUT2D eigenvalue weighted by Crippen LogP contribution is -2.36. The third-order valence-electron chi connectivity index (χ3n) is 5.47. The van der Waals surface area contributed by atoms with E-state index in [0.29, 0.717) is 12.1 Å². The highest BCUT2D eigenvalue weighted by atomic mass is 16.5. The summed E-state index contributed by atoms with van der Waals surface area (Å²) in [6.07, 6.45) is 3.81. The van der Waals surface area contributed by atoms with E-state index in [9.17, 15) is 4.79 Å². The monoisotopic (exact) mass is 410 g/mol. The molecule has 154 valence electrons. The Morgan fingerprint density at radius 2 is 1.71 bits per heavy atom. The molecule has 0 aliphatic carbocycles. The van der Waals surface area contributed by atoms with E-state index < -0.39 is 0 Å². The van der Waals surface area contributed by atoms with Crippen LogP contribution in [0.2, 0.25) is 0 Å². The standard InChI is InChI=1S/C25H22N4O2/c30-24(22-3-1-2-10-26-22)15-18-4-6-19(7-5-18)20-8-9-21-23(16-20)28-25(17-27-21)29-11-13-31-14-12-29/h1-10,16-17H,11-15H2. The number of morpholine rings is 1. The zero-order valence-corrected chi connectivity index (χ0v) is 17.1. The molecule has 2 aromatic carbocycles. The summed E-state index contributed by atoms with van der Waals surface area (Å²) < 4.78 is 5.43. The van der Waals surface area contributed by atoms with Crippen LogP contribution in [-0.4, -0.2) is 47.0 Å². The predicted molar refractivity (Wildman–Crippen MR) is 120 cm³/mol. The number of carbonyl (C=O) groups excluding carboxylic acids is 1. The van der Waals surface area contributed by atoms with E-state index in [0.717, 1.165) is 59.8 Å². The number of Topliss-reactive ketones (excluding diaryl/α,β-unsaturated/α-hetero) is 1. The molecular formula is C25H22N4O2. The number of hydrogen-bond donors (Lipinski definition) is 0. The highest BCUT2D eigenvalue weighted by Crippen LogP contribution is 2.25. The van der Waals surface area contributed by atoms with Gasteiger partial charge in [-0.1, -0.05) is 36.4 Å². The second kappa shape index (κ2) is 8.62. The van der Waals surface area contributed by atoms with Crippen molar-refractivity contribution in [1.82, 2.24) is 15.0 Å². The maximum Gasteiger partial charge on any atom is 0.185 e. The fraction of sp³-hybridized carbons (Fsp3) is 0.200. The lowest BCUT2D eigenvalue weighted by Gasteiger charge is -2.27. The summed E-state index contributed by atoms with van der Waals surface area (Å²) in [7, 11) is 0. The Hall–Kier alpha value is -3.64. The lowest BCUT2D eigenvalue weighted by molar-refractivity contribution is 0.0988. The van der Waals surface area contributed by atoms with Crippen molar-refractivity contribution in [2.24, 2.45) is 0 Å². The smallest absolute Gasteiger partial charge is 0.185 e. The summed E-state index contributed by atoms with van der Waals surface area (Å²) in [5, 5.41) is 0. The SMILES string of the molecule is O=C(Cc1ccc(-c2ccc3ncc(N4CCOCC4)nc3c2)cc1)c1ccccn1. The van der Waals surface area contributed by atoms with Crippen LogP contribution in [0.15, 0.2) is 73.1 Å². The third kappa shape index (κ3) is 4.29. The van der Waals surface area contributed by atoms with Crippen LogP contribution >= 0.6 is 0 Å². The number of anilines is 1. The fourth-order valence-electron chi connectivity index (χ4n) is 3.74. The van der Waals surface area contributed by atoms with Crippen LogP contribution in [0.1, 0.15) is 16.1 Å². The molecule has 1 saturated heterocycles. The molecule has 0 amide bonds. The van der Waals surface area contributed by atoms with Gasteiger partial charge in [-0.2, -0.15) is 0 Å². The maximum absolute atomic E-state index is 12.4. The van der Waals surface area contributed by atoms with Gasteiger partial charge in [-0.05, 0) is 41.0 Å². The third-order valence-corrected chi connectivity index (χ3v) is 5.47. The molecule has 0 saturated carbocycles. The summed E-state index contributed by atoms with van der Waals surface area (Å²) in [6, 6.07) is 19.6. The zero-order chi connectivity index (χ0) is 21.0. The van der Waals surface area contributed by atoms with Crippen molar-refractivity contribution in [2.75, 3.05) is 31.2 Å². The van der Waals surface area contributed by atoms with Gasteiger partial charge in [0.15, 0.2) is 5.78 Å². The van der Waals surface area contributed by atoms with Gasteiger partial charge in [0, 0.05) is 25.7 Å². The van der Waals surface area contributed by atoms with Gasteiger partial charge in [0.25, 0.3) is 0 Å². The van der Waals surface area contributed by atoms with Crippen molar-refractivity contribution >= 4 is 22.6 Å². The van der Waals surface area contributed by atoms with Gasteiger partial charge in [-0.15, -0.1) is 0 Å². The lowest BCUT2D eigenvalue weighted by atomic mass is 10.0. The van der Waals surface area contributed by atoms with Gasteiger partial charge in [0.2, 0.25) is 0 Å². The number of rotatable bonds is 5. The first kappa shape index (κ1) is 19.3. The minimum Gasteiger partial charge on any atom is -0.378 e. The average Bonchev–Trinajstić information content (AvgIpc) is 2.85. The molecule has 0 spiro atoms. The molecule has 5 rings (SSSR count). The molecule has 2 aromatic heterocycles. The second-order valence-corrected chi connectivity index (χ2v) is 7.54. The Kier molecular flexibility index (Phi) is 5.37. The van der Waals surface area contributed by atoms with Crippen LogP contribution in [0.3, 0.4) is 0 Å². The van der Waals surface area contributed by atoms with Crippen molar-refractivity contribution in [3.05, 3.63) is 84.3 Å². The Labute approximate surface area is 180 Å². The molecule has 1 fully saturated rings. The number of fused-ring (bicyclic) bond motifs is 1. The summed E-state index contributed by atoms with van der Waals surface area (Å²) >= 11 is 0. The summed E-state index contributed by atoms with van der Waals surface area (Å²) in [4.78, 5) is 28.1. The molecule has 0 bridgehead atoms. The molecule has 3 heterocycles. The number of ether oxygens (including phenoxy) is 1. The minimum atomic E-state index is 0.0185. The molecule has 1 aliphatic heterocycles. The maximum atomic E-state index is 12.4. The molecule has 31 heavy (non-hydrogen) atoms. The van der Waals surface area contributed by atoms with E-state index in [1.54, 1.807) is 12.3 Å². The van der Waals surface area contributed by atoms with Gasteiger partial charge in [0.1, 0.15) is 11.5 Å². The van der Waals surface area contributed by atoms with Gasteiger partial charge in [0.05, 0.1) is 30.4 Å². The topological polar surface area (TPSA) is 68.2 Å². The number of hydrogen-bond acceptors (Lipinski definition) is 6. The molecule has 0 radical (unpaired) electrons. The molecular weight excluding hydrogens is 388 g/mol. The number of aromatic nitrogens is 3. The average molecular weight is 410 g/mol. The Morgan fingerprint density at radius 3 is 2.48 bits per heavy atom. The molecule has 0 atom stereocenters. The number of ketones is 1. The Morgan fingerprint density at radius 1 is 0.903 bits per heavy atom. The van der Waals surface area contributed by atoms with Gasteiger partial charge < -0.3 is 9.64 Å². The van der Waals surface area contributed by atoms with E-state index in [-0.39, 0.29) is 5.78 Å². The highest BCUT2D eigenvalue weighted by molar-refractivity contribution is 5.95. The molecule has 1 aliphatic rings. The van der Waals surface area contributed by atoms with Crippen LogP contribution in [0.5, 0.6) is 0 Å². The van der Waals surface area contributed by atoms with Crippen molar-refractivity contribution in [3.8, 4) is 11.1 Å². The number of benzene rings is 2. The molecule has 0 unspecified atom stereocenters. The second-order valence-electron chi connectivity index (χ2n) is 7.54. The fourth-order valence-corrected chi connectivity index (χ4v) is 3.74. The van der Waals surface area contributed by atoms with Crippen molar-refractivity contribution in [1.29, 1.82) is 0 Å². The van der Waals surface area contributed by atoms with Crippen molar-refractivity contribution in [3.63, 3.8) is 0 Å². The summed E-state index contributed by atoms with van der Waals surface area (Å²) in [6.45, 7) is 3.10. The molecule has 4 aromatic rings. The Bertz CT molecular complexity index is 1200. The Balaban J connectivity index is 1.36. The van der Waals surface area contributed by atoms with Crippen LogP contribution in [0, 0.1) is 0 Å². The number of pyridine rings is 1. The van der Waals surface area contributed by atoms with Crippen molar-refractivity contribution in [2.45, 2.75) is 6.42 Å². The van der Waals surface area contributed by atoms with Gasteiger partial charge >= 0.3 is 0 Å². The van der Waals surface area contributed by atoms with Crippen molar-refractivity contribution < 1.29 is 9.53 Å². The van der Waals surface area contributed by atoms with E-state index in [1.807, 2.05) is 48.7 Å². The van der Waals surface area contributed by atoms with E-state index >= 15 is 0 Å². The minimum absolute atomic E-state index is 0.0185. The summed E-state index contributed by atoms with van der Waals surface area (Å²) in [5.74, 6) is 0.904. The van der Waals surface area contributed by atoms with Crippen LogP contribution in [-0.2, 0) is 11.2 Å². The van der Waals surface area contributed by atoms with Crippen LogP contribution < -0.4 is 4.90 Å². The number of nitrogens with zero attached hydrogens (tertiary/aromatic N) is 4. The van der Waals surface area contributed by atoms with Crippen LogP contribution in [0.25, 0.3) is 22.2 Å². The van der Waals surface area contributed by atoms with E-state index in [2.05, 4.69) is 27.0 Å².